The highest BCUT2D eigenvalue weighted by Crippen LogP contribution is 2.44. The van der Waals surface area contributed by atoms with Crippen LogP contribution in [0.1, 0.15) is 45.4 Å². The maximum atomic E-state index is 11.5. The van der Waals surface area contributed by atoms with Gasteiger partial charge in [0.1, 0.15) is 0 Å². The Bertz CT molecular complexity index is 609. The summed E-state index contributed by atoms with van der Waals surface area (Å²) in [4.78, 5) is 0. The number of nitrogens with zero attached hydrogens (tertiary/aromatic N) is 2. The van der Waals surface area contributed by atoms with E-state index in [0.717, 1.165) is 0 Å². The molecule has 2 aliphatic rings. The van der Waals surface area contributed by atoms with Crippen LogP contribution in [0.2, 0.25) is 0 Å². The quantitative estimate of drug-likeness (QED) is 0.845. The molecule has 1 saturated heterocycles. The summed E-state index contributed by atoms with van der Waals surface area (Å²) in [5.74, 6) is 1.27. The molecule has 2 unspecified atom stereocenters. The zero-order valence-corrected chi connectivity index (χ0v) is 14.2. The van der Waals surface area contributed by atoms with E-state index in [1.165, 1.54) is 19.3 Å². The summed E-state index contributed by atoms with van der Waals surface area (Å²) in [5, 5.41) is 9.36. The van der Waals surface area contributed by atoms with E-state index in [4.69, 9.17) is 4.42 Å². The highest BCUT2D eigenvalue weighted by molar-refractivity contribution is 7.99. The SMILES string of the molecule is CC1(C)CCC(Sc2nnc(CC3CCS(=O)(=O)C3)o2)C1. The van der Waals surface area contributed by atoms with Crippen molar-refractivity contribution >= 4 is 21.6 Å². The highest BCUT2D eigenvalue weighted by atomic mass is 32.2. The lowest BCUT2D eigenvalue weighted by Gasteiger charge is -2.15. The van der Waals surface area contributed by atoms with Gasteiger partial charge >= 0.3 is 0 Å². The van der Waals surface area contributed by atoms with Crippen LogP contribution >= 0.6 is 11.8 Å². The van der Waals surface area contributed by atoms with Crippen molar-refractivity contribution in [1.29, 1.82) is 0 Å². The Balaban J connectivity index is 1.55. The van der Waals surface area contributed by atoms with Crippen molar-refractivity contribution in [1.82, 2.24) is 10.2 Å². The molecule has 1 saturated carbocycles. The number of hydrogen-bond donors (Lipinski definition) is 0. The van der Waals surface area contributed by atoms with Gasteiger partial charge in [-0.1, -0.05) is 25.6 Å². The zero-order valence-electron chi connectivity index (χ0n) is 12.5. The molecule has 21 heavy (non-hydrogen) atoms. The maximum absolute atomic E-state index is 11.5. The molecular formula is C14H22N2O3S2. The van der Waals surface area contributed by atoms with E-state index in [9.17, 15) is 8.42 Å². The van der Waals surface area contributed by atoms with Crippen molar-refractivity contribution in [3.05, 3.63) is 5.89 Å². The second-order valence-corrected chi connectivity index (χ2v) is 10.6. The van der Waals surface area contributed by atoms with Crippen LogP contribution in [0.15, 0.2) is 9.64 Å². The molecule has 2 atom stereocenters. The molecule has 0 bridgehead atoms. The van der Waals surface area contributed by atoms with Crippen molar-refractivity contribution < 1.29 is 12.8 Å². The summed E-state index contributed by atoms with van der Waals surface area (Å²) in [7, 11) is -2.84. The van der Waals surface area contributed by atoms with Gasteiger partial charge in [-0.05, 0) is 37.0 Å². The minimum atomic E-state index is -2.84. The van der Waals surface area contributed by atoms with Crippen LogP contribution in [0, 0.1) is 11.3 Å². The summed E-state index contributed by atoms with van der Waals surface area (Å²) in [6.07, 6.45) is 4.91. The third-order valence-electron chi connectivity index (χ3n) is 4.43. The molecule has 2 fully saturated rings. The van der Waals surface area contributed by atoms with Crippen LogP contribution < -0.4 is 0 Å². The van der Waals surface area contributed by atoms with Crippen molar-refractivity contribution in [2.75, 3.05) is 11.5 Å². The highest BCUT2D eigenvalue weighted by Gasteiger charge is 2.33. The predicted molar refractivity (Wildman–Crippen MR) is 82.0 cm³/mol. The van der Waals surface area contributed by atoms with Crippen molar-refractivity contribution in [2.24, 2.45) is 11.3 Å². The van der Waals surface area contributed by atoms with Crippen LogP contribution in [-0.2, 0) is 16.3 Å². The molecule has 1 aromatic heterocycles. The van der Waals surface area contributed by atoms with Gasteiger partial charge in [0.15, 0.2) is 9.84 Å². The Kier molecular flexibility index (Phi) is 4.07. The lowest BCUT2D eigenvalue weighted by molar-refractivity contribution is 0.380. The number of sulfone groups is 1. The summed E-state index contributed by atoms with van der Waals surface area (Å²) < 4.78 is 28.6. The van der Waals surface area contributed by atoms with Crippen molar-refractivity contribution in [2.45, 2.75) is 56.4 Å². The average Bonchev–Trinajstić information content (AvgIpc) is 3.02. The fourth-order valence-electron chi connectivity index (χ4n) is 3.26. The Labute approximate surface area is 130 Å². The van der Waals surface area contributed by atoms with Gasteiger partial charge in [-0.15, -0.1) is 10.2 Å². The Hall–Kier alpha value is -0.560. The summed E-state index contributed by atoms with van der Waals surface area (Å²) in [5.41, 5.74) is 0.415. The molecular weight excluding hydrogens is 308 g/mol. The van der Waals surface area contributed by atoms with Crippen LogP contribution in [-0.4, -0.2) is 35.4 Å². The zero-order chi connectivity index (χ0) is 15.1. The molecule has 0 N–H and O–H groups in total. The lowest BCUT2D eigenvalue weighted by atomic mass is 9.92. The van der Waals surface area contributed by atoms with Crippen LogP contribution in [0.4, 0.5) is 0 Å². The lowest BCUT2D eigenvalue weighted by Crippen LogP contribution is -2.07. The van der Waals surface area contributed by atoms with E-state index in [0.29, 0.717) is 40.4 Å². The number of rotatable bonds is 4. The molecule has 0 radical (unpaired) electrons. The van der Waals surface area contributed by atoms with Gasteiger partial charge < -0.3 is 4.42 Å². The Morgan fingerprint density at radius 1 is 1.33 bits per heavy atom. The molecule has 0 aromatic carbocycles. The first-order valence-corrected chi connectivity index (χ1v) is 10.2. The molecule has 2 heterocycles. The summed E-state index contributed by atoms with van der Waals surface area (Å²) in [6.45, 7) is 4.60. The van der Waals surface area contributed by atoms with Gasteiger partial charge in [0, 0.05) is 11.7 Å². The molecule has 1 aliphatic heterocycles. The molecule has 3 rings (SSSR count). The first-order chi connectivity index (χ1) is 9.81. The second kappa shape index (κ2) is 5.57. The van der Waals surface area contributed by atoms with Gasteiger partial charge in [-0.2, -0.15) is 0 Å². The van der Waals surface area contributed by atoms with Gasteiger partial charge in [0.05, 0.1) is 11.5 Å². The van der Waals surface area contributed by atoms with E-state index >= 15 is 0 Å². The number of hydrogen-bond acceptors (Lipinski definition) is 6. The first-order valence-electron chi connectivity index (χ1n) is 7.51. The first kappa shape index (κ1) is 15.3. The monoisotopic (exact) mass is 330 g/mol. The normalized spacial score (nSPS) is 30.8. The molecule has 118 valence electrons. The largest absolute Gasteiger partial charge is 0.416 e. The molecule has 0 spiro atoms. The minimum absolute atomic E-state index is 0.138. The van der Waals surface area contributed by atoms with Crippen molar-refractivity contribution in [3.8, 4) is 0 Å². The minimum Gasteiger partial charge on any atom is -0.416 e. The molecule has 1 aliphatic carbocycles. The van der Waals surface area contributed by atoms with Gasteiger partial charge in [0.25, 0.3) is 5.22 Å². The number of thioether (sulfide) groups is 1. The van der Waals surface area contributed by atoms with Crippen LogP contribution in [0.3, 0.4) is 0 Å². The second-order valence-electron chi connectivity index (χ2n) is 7.08. The molecule has 7 heteroatoms. The fraction of sp³-hybridized carbons (Fsp3) is 0.857. The van der Waals surface area contributed by atoms with Gasteiger partial charge in [0.2, 0.25) is 5.89 Å². The molecule has 1 aromatic rings. The number of aromatic nitrogens is 2. The van der Waals surface area contributed by atoms with Crippen molar-refractivity contribution in [3.63, 3.8) is 0 Å². The van der Waals surface area contributed by atoms with E-state index in [1.807, 2.05) is 0 Å². The third-order valence-corrected chi connectivity index (χ3v) is 7.37. The third kappa shape index (κ3) is 4.00. The summed E-state index contributed by atoms with van der Waals surface area (Å²) >= 11 is 1.67. The van der Waals surface area contributed by atoms with E-state index in [2.05, 4.69) is 24.0 Å². The van der Waals surface area contributed by atoms with E-state index in [1.54, 1.807) is 11.8 Å². The average molecular weight is 330 g/mol. The molecule has 0 amide bonds. The standard InChI is InChI=1S/C14H22N2O3S2/c1-14(2)5-3-11(8-14)20-13-16-15-12(19-13)7-10-4-6-21(17,18)9-10/h10-11H,3-9H2,1-2H3. The van der Waals surface area contributed by atoms with E-state index < -0.39 is 9.84 Å². The fourth-order valence-corrected chi connectivity index (χ4v) is 6.41. The van der Waals surface area contributed by atoms with Gasteiger partial charge in [-0.25, -0.2) is 8.42 Å². The smallest absolute Gasteiger partial charge is 0.276 e. The molecule has 5 nitrogen and oxygen atoms in total. The maximum Gasteiger partial charge on any atom is 0.276 e. The Morgan fingerprint density at radius 3 is 2.76 bits per heavy atom. The predicted octanol–water partition coefficient (Wildman–Crippen LogP) is 2.72. The van der Waals surface area contributed by atoms with E-state index in [-0.39, 0.29) is 11.7 Å². The van der Waals surface area contributed by atoms with Gasteiger partial charge in [-0.3, -0.25) is 0 Å². The summed E-state index contributed by atoms with van der Waals surface area (Å²) in [6, 6.07) is 0. The van der Waals surface area contributed by atoms with Crippen LogP contribution in [0.25, 0.3) is 0 Å². The Morgan fingerprint density at radius 2 is 2.14 bits per heavy atom. The van der Waals surface area contributed by atoms with Crippen LogP contribution in [0.5, 0.6) is 0 Å². The topological polar surface area (TPSA) is 73.1 Å².